The van der Waals surface area contributed by atoms with Gasteiger partial charge in [0.05, 0.1) is 12.5 Å². The molecule has 0 heterocycles. The van der Waals surface area contributed by atoms with Crippen LogP contribution in [0.15, 0.2) is 54.6 Å². The van der Waals surface area contributed by atoms with Crippen molar-refractivity contribution in [1.82, 2.24) is 0 Å². The van der Waals surface area contributed by atoms with Crippen LogP contribution in [0.4, 0.5) is 11.4 Å². The van der Waals surface area contributed by atoms with E-state index in [9.17, 15) is 9.59 Å². The van der Waals surface area contributed by atoms with Gasteiger partial charge in [-0.1, -0.05) is 30.3 Å². The summed E-state index contributed by atoms with van der Waals surface area (Å²) in [5, 5.41) is 2.72. The Hall–Kier alpha value is -2.66. The summed E-state index contributed by atoms with van der Waals surface area (Å²) in [5.41, 5.74) is 7.98. The van der Waals surface area contributed by atoms with Crippen LogP contribution >= 0.6 is 0 Å². The highest BCUT2D eigenvalue weighted by molar-refractivity contribution is 5.95. The number of benzene rings is 2. The molecule has 5 heteroatoms. The van der Waals surface area contributed by atoms with Gasteiger partial charge >= 0.3 is 0 Å². The first kappa shape index (κ1) is 17.7. The number of nitrogens with one attached hydrogen (secondary N) is 1. The van der Waals surface area contributed by atoms with Gasteiger partial charge in [0.25, 0.3) is 0 Å². The van der Waals surface area contributed by atoms with Crippen LogP contribution in [0.5, 0.6) is 0 Å². The molecule has 2 aromatic rings. The lowest BCUT2D eigenvalue weighted by atomic mass is 10.1. The van der Waals surface area contributed by atoms with Gasteiger partial charge in [-0.05, 0) is 43.7 Å². The van der Waals surface area contributed by atoms with E-state index in [1.165, 1.54) is 0 Å². The van der Waals surface area contributed by atoms with Crippen molar-refractivity contribution < 1.29 is 9.59 Å². The molecule has 0 saturated carbocycles. The summed E-state index contributed by atoms with van der Waals surface area (Å²) in [4.78, 5) is 25.9. The van der Waals surface area contributed by atoms with Gasteiger partial charge in [-0.3, -0.25) is 9.59 Å². The van der Waals surface area contributed by atoms with Crippen molar-refractivity contribution in [1.29, 1.82) is 0 Å². The minimum Gasteiger partial charge on any atom is -0.325 e. The minimum atomic E-state index is -0.560. The highest BCUT2D eigenvalue weighted by Crippen LogP contribution is 2.16. The maximum Gasteiger partial charge on any atom is 0.240 e. The molecule has 0 aliphatic heterocycles. The molecule has 2 aromatic carbocycles. The van der Waals surface area contributed by atoms with Crippen LogP contribution in [0.2, 0.25) is 0 Å². The molecule has 0 radical (unpaired) electrons. The fourth-order valence-corrected chi connectivity index (χ4v) is 2.34. The summed E-state index contributed by atoms with van der Waals surface area (Å²) in [7, 11) is 0. The molecule has 0 aliphatic rings. The third-order valence-corrected chi connectivity index (χ3v) is 3.68. The maximum absolute atomic E-state index is 12.5. The number of rotatable bonds is 6. The monoisotopic (exact) mass is 325 g/mol. The molecule has 3 N–H and O–H groups in total. The highest BCUT2D eigenvalue weighted by Gasteiger charge is 2.14. The van der Waals surface area contributed by atoms with Crippen molar-refractivity contribution in [2.45, 2.75) is 26.3 Å². The zero-order valence-corrected chi connectivity index (χ0v) is 14.0. The Kier molecular flexibility index (Phi) is 6.09. The molecule has 0 aromatic heterocycles. The number of nitrogens with two attached hydrogens (primary N) is 1. The fraction of sp³-hybridized carbons (Fsp3) is 0.263. The summed E-state index contributed by atoms with van der Waals surface area (Å²) < 4.78 is 0. The van der Waals surface area contributed by atoms with Gasteiger partial charge < -0.3 is 16.0 Å². The Bertz CT molecular complexity index is 682. The van der Waals surface area contributed by atoms with Gasteiger partial charge in [0, 0.05) is 17.9 Å². The summed E-state index contributed by atoms with van der Waals surface area (Å²) in [6.07, 6.45) is 0.310. The zero-order chi connectivity index (χ0) is 17.5. The van der Waals surface area contributed by atoms with E-state index in [-0.39, 0.29) is 11.8 Å². The van der Waals surface area contributed by atoms with E-state index in [0.29, 0.717) is 18.7 Å². The Morgan fingerprint density at radius 2 is 1.71 bits per heavy atom. The van der Waals surface area contributed by atoms with Gasteiger partial charge in [-0.2, -0.15) is 0 Å². The molecule has 0 saturated heterocycles. The van der Waals surface area contributed by atoms with Crippen LogP contribution in [0, 0.1) is 0 Å². The van der Waals surface area contributed by atoms with E-state index >= 15 is 0 Å². The number of hydrogen-bond acceptors (Lipinski definition) is 3. The molecule has 0 bridgehead atoms. The lowest BCUT2D eigenvalue weighted by molar-refractivity contribution is -0.118. The van der Waals surface area contributed by atoms with E-state index < -0.39 is 6.04 Å². The van der Waals surface area contributed by atoms with Gasteiger partial charge in [-0.15, -0.1) is 0 Å². The van der Waals surface area contributed by atoms with Gasteiger partial charge in [0.2, 0.25) is 11.8 Å². The van der Waals surface area contributed by atoms with Crippen LogP contribution in [0.3, 0.4) is 0 Å². The van der Waals surface area contributed by atoms with Gasteiger partial charge in [-0.25, -0.2) is 0 Å². The first-order valence-corrected chi connectivity index (χ1v) is 8.02. The molecule has 0 aliphatic carbocycles. The van der Waals surface area contributed by atoms with Crippen molar-refractivity contribution in [3.8, 4) is 0 Å². The van der Waals surface area contributed by atoms with Crippen LogP contribution in [0.1, 0.15) is 19.4 Å². The van der Waals surface area contributed by atoms with E-state index in [4.69, 9.17) is 5.73 Å². The average molecular weight is 325 g/mol. The molecule has 0 unspecified atom stereocenters. The van der Waals surface area contributed by atoms with Crippen molar-refractivity contribution in [3.05, 3.63) is 60.2 Å². The largest absolute Gasteiger partial charge is 0.325 e. The van der Waals surface area contributed by atoms with Crippen LogP contribution in [-0.4, -0.2) is 24.4 Å². The third-order valence-electron chi connectivity index (χ3n) is 3.68. The van der Waals surface area contributed by atoms with E-state index in [1.807, 2.05) is 49.4 Å². The minimum absolute atomic E-state index is 0.0380. The number of carbonyl (C=O) groups excluding carboxylic acids is 2. The van der Waals surface area contributed by atoms with Crippen molar-refractivity contribution >= 4 is 23.2 Å². The Morgan fingerprint density at radius 3 is 2.25 bits per heavy atom. The number of likely N-dealkylation sites (N-methyl/N-ethyl adjacent to an activating group) is 1. The van der Waals surface area contributed by atoms with Crippen LogP contribution in [0.25, 0.3) is 0 Å². The van der Waals surface area contributed by atoms with Crippen LogP contribution < -0.4 is 16.0 Å². The first-order chi connectivity index (χ1) is 11.5. The Labute approximate surface area is 142 Å². The molecule has 126 valence electrons. The second-order valence-corrected chi connectivity index (χ2v) is 5.63. The number of para-hydroxylation sites is 1. The summed E-state index contributed by atoms with van der Waals surface area (Å²) in [6, 6.07) is 16.3. The van der Waals surface area contributed by atoms with E-state index in [2.05, 4.69) is 5.32 Å². The van der Waals surface area contributed by atoms with E-state index in [0.717, 1.165) is 11.3 Å². The highest BCUT2D eigenvalue weighted by atomic mass is 16.2. The number of nitrogens with zero attached hydrogens (tertiary/aromatic N) is 1. The Morgan fingerprint density at radius 1 is 1.08 bits per heavy atom. The lowest BCUT2D eigenvalue weighted by Crippen LogP contribution is -2.32. The van der Waals surface area contributed by atoms with Crippen molar-refractivity contribution in [2.24, 2.45) is 5.73 Å². The Balaban J connectivity index is 2.02. The summed E-state index contributed by atoms with van der Waals surface area (Å²) >= 11 is 0. The van der Waals surface area contributed by atoms with Gasteiger partial charge in [0.15, 0.2) is 0 Å². The normalized spacial score (nSPS) is 11.6. The van der Waals surface area contributed by atoms with E-state index in [1.54, 1.807) is 24.0 Å². The smallest absolute Gasteiger partial charge is 0.240 e. The number of carbonyl (C=O) groups is 2. The third kappa shape index (κ3) is 4.67. The standard InChI is InChI=1S/C19H23N3O2/c1-3-22(17-7-5-4-6-8-17)18(23)13-15-9-11-16(12-10-15)21-19(24)14(2)20/h4-12,14H,3,13,20H2,1-2H3,(H,21,24)/t14-/m0/s1. The predicted molar refractivity (Wildman–Crippen MR) is 96.9 cm³/mol. The molecule has 2 amide bonds. The van der Waals surface area contributed by atoms with Crippen LogP contribution in [-0.2, 0) is 16.0 Å². The molecule has 0 fully saturated rings. The molecule has 0 spiro atoms. The van der Waals surface area contributed by atoms with Crippen molar-refractivity contribution in [3.63, 3.8) is 0 Å². The summed E-state index contributed by atoms with van der Waals surface area (Å²) in [5.74, 6) is -0.198. The molecular formula is C19H23N3O2. The predicted octanol–water partition coefficient (Wildman–Crippen LogP) is 2.57. The summed E-state index contributed by atoms with van der Waals surface area (Å²) in [6.45, 7) is 4.20. The molecule has 1 atom stereocenters. The molecule has 5 nitrogen and oxygen atoms in total. The topological polar surface area (TPSA) is 75.4 Å². The van der Waals surface area contributed by atoms with Crippen molar-refractivity contribution in [2.75, 3.05) is 16.8 Å². The quantitative estimate of drug-likeness (QED) is 0.857. The SMILES string of the molecule is CCN(C(=O)Cc1ccc(NC(=O)[C@H](C)N)cc1)c1ccccc1. The molecule has 2 rings (SSSR count). The number of amides is 2. The van der Waals surface area contributed by atoms with Gasteiger partial charge in [0.1, 0.15) is 0 Å². The second-order valence-electron chi connectivity index (χ2n) is 5.63. The molecule has 24 heavy (non-hydrogen) atoms. The lowest BCUT2D eigenvalue weighted by Gasteiger charge is -2.21. The maximum atomic E-state index is 12.5. The zero-order valence-electron chi connectivity index (χ0n) is 14.0. The number of hydrogen-bond donors (Lipinski definition) is 2. The first-order valence-electron chi connectivity index (χ1n) is 8.02. The number of anilines is 2. The molecular weight excluding hydrogens is 302 g/mol. The second kappa shape index (κ2) is 8.26. The average Bonchev–Trinajstić information content (AvgIpc) is 2.58. The fourth-order valence-electron chi connectivity index (χ4n) is 2.34.